The Labute approximate surface area is 115 Å². The van der Waals surface area contributed by atoms with E-state index < -0.39 is 6.04 Å². The molecular formula is C14H25N3O2. The molecule has 0 aliphatic rings. The zero-order valence-corrected chi connectivity index (χ0v) is 12.1. The van der Waals surface area contributed by atoms with Gasteiger partial charge in [0.15, 0.2) is 0 Å². The lowest BCUT2D eigenvalue weighted by Gasteiger charge is -2.23. The minimum absolute atomic E-state index is 0.0253. The Balaban J connectivity index is 2.46. The Morgan fingerprint density at radius 3 is 2.79 bits per heavy atom. The van der Waals surface area contributed by atoms with Crippen LogP contribution in [-0.4, -0.2) is 37.5 Å². The van der Waals surface area contributed by atoms with Crippen LogP contribution in [0.4, 0.5) is 0 Å². The first-order chi connectivity index (χ1) is 9.06. The summed E-state index contributed by atoms with van der Waals surface area (Å²) in [5.41, 5.74) is 5.84. The molecule has 5 nitrogen and oxygen atoms in total. The topological polar surface area (TPSA) is 71.5 Å². The fourth-order valence-electron chi connectivity index (χ4n) is 1.90. The predicted octanol–water partition coefficient (Wildman–Crippen LogP) is 1.52. The summed E-state index contributed by atoms with van der Waals surface area (Å²) in [5, 5.41) is 2.90. The zero-order valence-electron chi connectivity index (χ0n) is 12.1. The van der Waals surface area contributed by atoms with Crippen molar-refractivity contribution in [2.75, 3.05) is 20.6 Å². The lowest BCUT2D eigenvalue weighted by atomic mass is 10.1. The van der Waals surface area contributed by atoms with E-state index in [1.807, 2.05) is 31.1 Å². The van der Waals surface area contributed by atoms with Gasteiger partial charge in [0.2, 0.25) is 5.91 Å². The standard InChI is InChI=1S/C14H25N3O2/c1-4-5-7-11(15)14(18)16-10-12(17(2)3)13-8-6-9-19-13/h6,8-9,11-12H,4-5,7,10,15H2,1-3H3,(H,16,18). The van der Waals surface area contributed by atoms with E-state index in [2.05, 4.69) is 12.2 Å². The number of nitrogens with one attached hydrogen (secondary N) is 1. The van der Waals surface area contributed by atoms with Crippen molar-refractivity contribution in [3.05, 3.63) is 24.2 Å². The molecule has 1 heterocycles. The number of furan rings is 1. The molecule has 5 heteroatoms. The lowest BCUT2D eigenvalue weighted by Crippen LogP contribution is -2.43. The number of nitrogens with two attached hydrogens (primary N) is 1. The molecule has 0 aliphatic carbocycles. The zero-order chi connectivity index (χ0) is 14.3. The summed E-state index contributed by atoms with van der Waals surface area (Å²) in [7, 11) is 3.91. The van der Waals surface area contributed by atoms with Crippen molar-refractivity contribution in [2.45, 2.75) is 38.3 Å². The van der Waals surface area contributed by atoms with Crippen LogP contribution in [0.2, 0.25) is 0 Å². The molecule has 0 radical (unpaired) electrons. The molecule has 3 N–H and O–H groups in total. The molecule has 2 unspecified atom stereocenters. The van der Waals surface area contributed by atoms with E-state index in [1.165, 1.54) is 0 Å². The molecule has 108 valence electrons. The van der Waals surface area contributed by atoms with E-state index in [9.17, 15) is 4.79 Å². The van der Waals surface area contributed by atoms with Crippen molar-refractivity contribution >= 4 is 5.91 Å². The summed E-state index contributed by atoms with van der Waals surface area (Å²) in [6, 6.07) is 3.37. The molecule has 0 fully saturated rings. The fourth-order valence-corrected chi connectivity index (χ4v) is 1.90. The molecule has 19 heavy (non-hydrogen) atoms. The van der Waals surface area contributed by atoms with Gasteiger partial charge in [-0.05, 0) is 32.6 Å². The van der Waals surface area contributed by atoms with Crippen molar-refractivity contribution in [1.82, 2.24) is 10.2 Å². The van der Waals surface area contributed by atoms with E-state index in [0.29, 0.717) is 6.54 Å². The maximum atomic E-state index is 11.9. The van der Waals surface area contributed by atoms with E-state index >= 15 is 0 Å². The van der Waals surface area contributed by atoms with Crippen LogP contribution in [0.15, 0.2) is 22.8 Å². The summed E-state index contributed by atoms with van der Waals surface area (Å²) < 4.78 is 5.39. The number of amides is 1. The highest BCUT2D eigenvalue weighted by Crippen LogP contribution is 2.17. The first-order valence-electron chi connectivity index (χ1n) is 6.79. The van der Waals surface area contributed by atoms with Gasteiger partial charge in [-0.15, -0.1) is 0 Å². The number of rotatable bonds is 8. The van der Waals surface area contributed by atoms with Gasteiger partial charge >= 0.3 is 0 Å². The van der Waals surface area contributed by atoms with Gasteiger partial charge in [-0.25, -0.2) is 0 Å². The minimum Gasteiger partial charge on any atom is -0.468 e. The van der Waals surface area contributed by atoms with Crippen LogP contribution < -0.4 is 11.1 Å². The van der Waals surface area contributed by atoms with Crippen molar-refractivity contribution in [2.24, 2.45) is 5.73 Å². The van der Waals surface area contributed by atoms with Crippen molar-refractivity contribution in [1.29, 1.82) is 0 Å². The second-order valence-electron chi connectivity index (χ2n) is 4.99. The van der Waals surface area contributed by atoms with Crippen LogP contribution in [0.1, 0.15) is 38.0 Å². The van der Waals surface area contributed by atoms with Gasteiger partial charge < -0.3 is 15.5 Å². The smallest absolute Gasteiger partial charge is 0.236 e. The summed E-state index contributed by atoms with van der Waals surface area (Å²) >= 11 is 0. The van der Waals surface area contributed by atoms with Gasteiger partial charge in [-0.1, -0.05) is 19.8 Å². The van der Waals surface area contributed by atoms with Gasteiger partial charge in [-0.3, -0.25) is 9.69 Å². The molecule has 1 rings (SSSR count). The van der Waals surface area contributed by atoms with Crippen LogP contribution in [0, 0.1) is 0 Å². The summed E-state index contributed by atoms with van der Waals surface area (Å²) in [6.45, 7) is 2.59. The van der Waals surface area contributed by atoms with Gasteiger partial charge in [0.05, 0.1) is 18.3 Å². The number of unbranched alkanes of at least 4 members (excludes halogenated alkanes) is 1. The second kappa shape index (κ2) is 7.96. The minimum atomic E-state index is -0.417. The highest BCUT2D eigenvalue weighted by molar-refractivity contribution is 5.81. The molecule has 0 saturated carbocycles. The largest absolute Gasteiger partial charge is 0.468 e. The lowest BCUT2D eigenvalue weighted by molar-refractivity contribution is -0.122. The Hall–Kier alpha value is -1.33. The Bertz CT molecular complexity index is 363. The van der Waals surface area contributed by atoms with Gasteiger partial charge in [0, 0.05) is 6.54 Å². The molecule has 1 aromatic rings. The highest BCUT2D eigenvalue weighted by Gasteiger charge is 2.19. The highest BCUT2D eigenvalue weighted by atomic mass is 16.3. The maximum absolute atomic E-state index is 11.9. The number of hydrogen-bond donors (Lipinski definition) is 2. The number of likely N-dealkylation sites (N-methyl/N-ethyl adjacent to an activating group) is 1. The normalized spacial score (nSPS) is 14.4. The average molecular weight is 267 g/mol. The molecule has 1 aromatic heterocycles. The van der Waals surface area contributed by atoms with Gasteiger partial charge in [0.25, 0.3) is 0 Å². The van der Waals surface area contributed by atoms with Crippen molar-refractivity contribution in [3.8, 4) is 0 Å². The third-order valence-corrected chi connectivity index (χ3v) is 3.17. The monoisotopic (exact) mass is 267 g/mol. The van der Waals surface area contributed by atoms with Crippen LogP contribution in [0.25, 0.3) is 0 Å². The first-order valence-corrected chi connectivity index (χ1v) is 6.79. The van der Waals surface area contributed by atoms with E-state index in [1.54, 1.807) is 6.26 Å². The van der Waals surface area contributed by atoms with Gasteiger partial charge in [-0.2, -0.15) is 0 Å². The number of hydrogen-bond acceptors (Lipinski definition) is 4. The first kappa shape index (κ1) is 15.7. The molecule has 0 saturated heterocycles. The fraction of sp³-hybridized carbons (Fsp3) is 0.643. The summed E-state index contributed by atoms with van der Waals surface area (Å²) in [5.74, 6) is 0.749. The molecule has 1 amide bonds. The third kappa shape index (κ3) is 5.04. The van der Waals surface area contributed by atoms with Gasteiger partial charge in [0.1, 0.15) is 5.76 Å². The average Bonchev–Trinajstić information content (AvgIpc) is 2.89. The van der Waals surface area contributed by atoms with E-state index in [4.69, 9.17) is 10.2 Å². The molecule has 0 aliphatic heterocycles. The molecule has 0 spiro atoms. The van der Waals surface area contributed by atoms with E-state index in [-0.39, 0.29) is 11.9 Å². The van der Waals surface area contributed by atoms with Crippen LogP contribution in [0.3, 0.4) is 0 Å². The molecular weight excluding hydrogens is 242 g/mol. The quantitative estimate of drug-likeness (QED) is 0.749. The van der Waals surface area contributed by atoms with Crippen molar-refractivity contribution in [3.63, 3.8) is 0 Å². The van der Waals surface area contributed by atoms with E-state index in [0.717, 1.165) is 25.0 Å². The molecule has 2 atom stereocenters. The van der Waals surface area contributed by atoms with Crippen LogP contribution in [-0.2, 0) is 4.79 Å². The maximum Gasteiger partial charge on any atom is 0.236 e. The van der Waals surface area contributed by atoms with Crippen LogP contribution >= 0.6 is 0 Å². The Kier molecular flexibility index (Phi) is 6.59. The molecule has 0 bridgehead atoms. The van der Waals surface area contributed by atoms with Crippen molar-refractivity contribution < 1.29 is 9.21 Å². The SMILES string of the molecule is CCCCC(N)C(=O)NCC(c1ccco1)N(C)C. The Morgan fingerprint density at radius 1 is 1.53 bits per heavy atom. The Morgan fingerprint density at radius 2 is 2.26 bits per heavy atom. The number of nitrogens with zero attached hydrogens (tertiary/aromatic N) is 1. The summed E-state index contributed by atoms with van der Waals surface area (Å²) in [6.07, 6.45) is 4.40. The second-order valence-corrected chi connectivity index (χ2v) is 4.99. The van der Waals surface area contributed by atoms with Crippen LogP contribution in [0.5, 0.6) is 0 Å². The third-order valence-electron chi connectivity index (χ3n) is 3.17. The number of carbonyl (C=O) groups excluding carboxylic acids is 1. The summed E-state index contributed by atoms with van der Waals surface area (Å²) in [4.78, 5) is 13.9. The predicted molar refractivity (Wildman–Crippen MR) is 75.6 cm³/mol. The number of carbonyl (C=O) groups is 1. The molecule has 0 aromatic carbocycles.